The lowest BCUT2D eigenvalue weighted by atomic mass is 10.0. The van der Waals surface area contributed by atoms with Gasteiger partial charge in [0.2, 0.25) is 0 Å². The molecule has 1 aromatic carbocycles. The van der Waals surface area contributed by atoms with Crippen molar-refractivity contribution in [3.05, 3.63) is 34.1 Å². The second kappa shape index (κ2) is 5.70. The van der Waals surface area contributed by atoms with Crippen LogP contribution in [0.2, 0.25) is 0 Å². The Morgan fingerprint density at radius 2 is 2.17 bits per heavy atom. The van der Waals surface area contributed by atoms with Crippen LogP contribution in [0, 0.1) is 11.2 Å². The van der Waals surface area contributed by atoms with Crippen LogP contribution in [0.5, 0.6) is 0 Å². The SMILES string of the molecule is O=C(NCC1(CCBr)CC1)c1ccc(Br)cc1F. The zero-order valence-electron chi connectivity index (χ0n) is 9.81. The number of carbonyl (C=O) groups is 1. The monoisotopic (exact) mass is 377 g/mol. The Labute approximate surface area is 123 Å². The molecular weight excluding hydrogens is 365 g/mol. The quantitative estimate of drug-likeness (QED) is 0.774. The van der Waals surface area contributed by atoms with Crippen LogP contribution in [0.15, 0.2) is 22.7 Å². The number of rotatable bonds is 5. The minimum atomic E-state index is -0.493. The molecule has 1 aromatic rings. The van der Waals surface area contributed by atoms with Gasteiger partial charge in [-0.3, -0.25) is 4.79 Å². The Morgan fingerprint density at radius 3 is 2.72 bits per heavy atom. The Bertz CT molecular complexity index is 460. The van der Waals surface area contributed by atoms with Crippen molar-refractivity contribution in [2.24, 2.45) is 5.41 Å². The molecule has 1 N–H and O–H groups in total. The highest BCUT2D eigenvalue weighted by Gasteiger charge is 2.41. The number of amides is 1. The van der Waals surface area contributed by atoms with E-state index in [0.717, 1.165) is 24.6 Å². The summed E-state index contributed by atoms with van der Waals surface area (Å²) in [5, 5.41) is 3.77. The van der Waals surface area contributed by atoms with Gasteiger partial charge in [0.1, 0.15) is 5.82 Å². The molecule has 98 valence electrons. The molecule has 2 rings (SSSR count). The van der Waals surface area contributed by atoms with E-state index in [0.29, 0.717) is 11.0 Å². The molecule has 2 nitrogen and oxygen atoms in total. The van der Waals surface area contributed by atoms with E-state index in [2.05, 4.69) is 37.2 Å². The Balaban J connectivity index is 1.96. The van der Waals surface area contributed by atoms with Gasteiger partial charge in [-0.2, -0.15) is 0 Å². The minimum absolute atomic E-state index is 0.104. The van der Waals surface area contributed by atoms with Gasteiger partial charge < -0.3 is 5.32 Å². The van der Waals surface area contributed by atoms with Crippen LogP contribution in [-0.2, 0) is 0 Å². The minimum Gasteiger partial charge on any atom is -0.351 e. The lowest BCUT2D eigenvalue weighted by molar-refractivity contribution is 0.0940. The number of halogens is 3. The molecule has 1 aliphatic rings. The van der Waals surface area contributed by atoms with Gasteiger partial charge in [-0.1, -0.05) is 31.9 Å². The third-order valence-corrected chi connectivity index (χ3v) is 4.27. The first-order chi connectivity index (χ1) is 8.56. The van der Waals surface area contributed by atoms with E-state index in [1.807, 2.05) is 0 Å². The van der Waals surface area contributed by atoms with E-state index in [1.54, 1.807) is 6.07 Å². The van der Waals surface area contributed by atoms with Crippen LogP contribution in [0.1, 0.15) is 29.6 Å². The lowest BCUT2D eigenvalue weighted by Crippen LogP contribution is -2.31. The number of carbonyl (C=O) groups excluding carboxylic acids is 1. The maximum absolute atomic E-state index is 13.6. The lowest BCUT2D eigenvalue weighted by Gasteiger charge is -2.14. The maximum atomic E-state index is 13.6. The number of hydrogen-bond acceptors (Lipinski definition) is 1. The Kier molecular flexibility index (Phi) is 4.43. The normalized spacial score (nSPS) is 16.4. The standard InChI is InChI=1S/C13H14Br2FNO/c14-6-5-13(3-4-13)8-17-12(18)10-2-1-9(15)7-11(10)16/h1-2,7H,3-6,8H2,(H,17,18). The van der Waals surface area contributed by atoms with Crippen molar-refractivity contribution in [1.82, 2.24) is 5.32 Å². The summed E-state index contributed by atoms with van der Waals surface area (Å²) in [6.07, 6.45) is 3.33. The molecule has 18 heavy (non-hydrogen) atoms. The summed E-state index contributed by atoms with van der Waals surface area (Å²) < 4.78 is 14.2. The van der Waals surface area contributed by atoms with E-state index in [9.17, 15) is 9.18 Å². The molecule has 0 aromatic heterocycles. The number of alkyl halides is 1. The average molecular weight is 379 g/mol. The van der Waals surface area contributed by atoms with E-state index in [-0.39, 0.29) is 16.9 Å². The molecule has 0 saturated heterocycles. The van der Waals surface area contributed by atoms with Gasteiger partial charge in [0.15, 0.2) is 0 Å². The molecule has 0 heterocycles. The number of benzene rings is 1. The number of hydrogen-bond donors (Lipinski definition) is 1. The van der Waals surface area contributed by atoms with E-state index in [4.69, 9.17) is 0 Å². The van der Waals surface area contributed by atoms with Crippen LogP contribution in [0.4, 0.5) is 4.39 Å². The van der Waals surface area contributed by atoms with Crippen molar-refractivity contribution >= 4 is 37.8 Å². The van der Waals surface area contributed by atoms with Gasteiger partial charge in [0, 0.05) is 16.3 Å². The molecular formula is C13H14Br2FNO. The van der Waals surface area contributed by atoms with Gasteiger partial charge in [-0.05, 0) is 42.9 Å². The van der Waals surface area contributed by atoms with Crippen molar-refractivity contribution < 1.29 is 9.18 Å². The fraction of sp³-hybridized carbons (Fsp3) is 0.462. The summed E-state index contributed by atoms with van der Waals surface area (Å²) in [7, 11) is 0. The van der Waals surface area contributed by atoms with Crippen LogP contribution in [-0.4, -0.2) is 17.8 Å². The Hall–Kier alpha value is -0.420. The van der Waals surface area contributed by atoms with Crippen molar-refractivity contribution in [1.29, 1.82) is 0 Å². The largest absolute Gasteiger partial charge is 0.351 e. The average Bonchev–Trinajstić information content (AvgIpc) is 3.07. The molecule has 0 unspecified atom stereocenters. The molecule has 0 spiro atoms. The molecule has 1 fully saturated rings. The number of nitrogens with one attached hydrogen (secondary N) is 1. The molecule has 5 heteroatoms. The Morgan fingerprint density at radius 1 is 1.44 bits per heavy atom. The van der Waals surface area contributed by atoms with Crippen molar-refractivity contribution in [3.63, 3.8) is 0 Å². The fourth-order valence-electron chi connectivity index (χ4n) is 1.93. The highest BCUT2D eigenvalue weighted by Crippen LogP contribution is 2.48. The summed E-state index contributed by atoms with van der Waals surface area (Å²) in [5.41, 5.74) is 0.346. The molecule has 0 bridgehead atoms. The molecule has 1 amide bonds. The first-order valence-electron chi connectivity index (χ1n) is 5.86. The summed E-state index contributed by atoms with van der Waals surface area (Å²) in [6.45, 7) is 0.632. The topological polar surface area (TPSA) is 29.1 Å². The first kappa shape index (κ1) is 14.0. The predicted molar refractivity (Wildman–Crippen MR) is 76.5 cm³/mol. The van der Waals surface area contributed by atoms with E-state index >= 15 is 0 Å². The van der Waals surface area contributed by atoms with Gasteiger partial charge in [-0.15, -0.1) is 0 Å². The predicted octanol–water partition coefficient (Wildman–Crippen LogP) is 3.88. The third-order valence-electron chi connectivity index (χ3n) is 3.38. The smallest absolute Gasteiger partial charge is 0.254 e. The summed E-state index contributed by atoms with van der Waals surface area (Å²) in [5.74, 6) is -0.826. The second-order valence-corrected chi connectivity index (χ2v) is 6.45. The third kappa shape index (κ3) is 3.32. The fourth-order valence-corrected chi connectivity index (χ4v) is 3.10. The molecule has 1 aliphatic carbocycles. The zero-order valence-corrected chi connectivity index (χ0v) is 13.0. The van der Waals surface area contributed by atoms with Gasteiger partial charge >= 0.3 is 0 Å². The highest BCUT2D eigenvalue weighted by atomic mass is 79.9. The summed E-state index contributed by atoms with van der Waals surface area (Å²) >= 11 is 6.59. The highest BCUT2D eigenvalue weighted by molar-refractivity contribution is 9.10. The zero-order chi connectivity index (χ0) is 13.2. The molecule has 0 aliphatic heterocycles. The molecule has 0 radical (unpaired) electrons. The van der Waals surface area contributed by atoms with Crippen LogP contribution in [0.25, 0.3) is 0 Å². The summed E-state index contributed by atoms with van der Waals surface area (Å²) in [4.78, 5) is 11.9. The molecule has 1 saturated carbocycles. The van der Waals surface area contributed by atoms with Crippen molar-refractivity contribution in [3.8, 4) is 0 Å². The van der Waals surface area contributed by atoms with Gasteiger partial charge in [-0.25, -0.2) is 4.39 Å². The molecule has 0 atom stereocenters. The maximum Gasteiger partial charge on any atom is 0.254 e. The van der Waals surface area contributed by atoms with Crippen molar-refractivity contribution in [2.45, 2.75) is 19.3 Å². The van der Waals surface area contributed by atoms with Gasteiger partial charge in [0.25, 0.3) is 5.91 Å². The first-order valence-corrected chi connectivity index (χ1v) is 7.77. The van der Waals surface area contributed by atoms with Crippen molar-refractivity contribution in [2.75, 3.05) is 11.9 Å². The van der Waals surface area contributed by atoms with E-state index < -0.39 is 5.82 Å². The van der Waals surface area contributed by atoms with Crippen LogP contribution < -0.4 is 5.32 Å². The van der Waals surface area contributed by atoms with Gasteiger partial charge in [0.05, 0.1) is 5.56 Å². The van der Waals surface area contributed by atoms with Crippen LogP contribution >= 0.6 is 31.9 Å². The summed E-state index contributed by atoms with van der Waals surface area (Å²) in [6, 6.07) is 4.47. The van der Waals surface area contributed by atoms with Crippen LogP contribution in [0.3, 0.4) is 0 Å². The van der Waals surface area contributed by atoms with E-state index in [1.165, 1.54) is 12.1 Å². The second-order valence-electron chi connectivity index (χ2n) is 4.75.